The van der Waals surface area contributed by atoms with Gasteiger partial charge in [0.1, 0.15) is 5.75 Å². The molecule has 26 heavy (non-hydrogen) atoms. The molecule has 0 spiro atoms. The molecule has 0 bridgehead atoms. The summed E-state index contributed by atoms with van der Waals surface area (Å²) in [6.45, 7) is 2.15. The van der Waals surface area contributed by atoms with Crippen LogP contribution in [0.25, 0.3) is 0 Å². The Kier molecular flexibility index (Phi) is 6.39. The molecule has 2 aromatic rings. The van der Waals surface area contributed by atoms with Crippen LogP contribution >= 0.6 is 0 Å². The molecule has 0 aliphatic rings. The van der Waals surface area contributed by atoms with Gasteiger partial charge in [-0.2, -0.15) is 0 Å². The molecule has 0 aliphatic carbocycles. The van der Waals surface area contributed by atoms with Crippen LogP contribution < -0.4 is 10.1 Å². The van der Waals surface area contributed by atoms with Crippen molar-refractivity contribution in [1.29, 1.82) is 0 Å². The van der Waals surface area contributed by atoms with Gasteiger partial charge in [-0.05, 0) is 48.7 Å². The zero-order valence-corrected chi connectivity index (χ0v) is 16.3. The largest absolute Gasteiger partial charge is 0.497 e. The van der Waals surface area contributed by atoms with E-state index in [-0.39, 0.29) is 10.8 Å². The van der Waals surface area contributed by atoms with Crippen molar-refractivity contribution in [3.63, 3.8) is 0 Å². The lowest BCUT2D eigenvalue weighted by atomic mass is 10.1. The Balaban J connectivity index is 2.08. The molecule has 0 atom stereocenters. The predicted molar refractivity (Wildman–Crippen MR) is 101 cm³/mol. The first kappa shape index (κ1) is 19.9. The minimum atomic E-state index is -3.60. The monoisotopic (exact) mass is 376 g/mol. The smallest absolute Gasteiger partial charge is 0.251 e. The normalized spacial score (nSPS) is 11.4. The summed E-state index contributed by atoms with van der Waals surface area (Å²) in [5.41, 5.74) is 1.97. The van der Waals surface area contributed by atoms with Crippen LogP contribution in [0.3, 0.4) is 0 Å². The molecule has 0 saturated heterocycles. The Morgan fingerprint density at radius 3 is 2.54 bits per heavy atom. The van der Waals surface area contributed by atoms with Crippen LogP contribution in [-0.2, 0) is 16.4 Å². The van der Waals surface area contributed by atoms with Gasteiger partial charge in [0, 0.05) is 26.2 Å². The number of ether oxygens (including phenoxy) is 1. The summed E-state index contributed by atoms with van der Waals surface area (Å²) < 4.78 is 31.1. The molecule has 0 fully saturated rings. The Morgan fingerprint density at radius 1 is 1.15 bits per heavy atom. The van der Waals surface area contributed by atoms with E-state index in [2.05, 4.69) is 5.32 Å². The van der Waals surface area contributed by atoms with Crippen molar-refractivity contribution in [2.45, 2.75) is 18.2 Å². The van der Waals surface area contributed by atoms with Gasteiger partial charge in [-0.1, -0.05) is 18.2 Å². The predicted octanol–water partition coefficient (Wildman–Crippen LogP) is 2.23. The van der Waals surface area contributed by atoms with E-state index >= 15 is 0 Å². The van der Waals surface area contributed by atoms with Crippen molar-refractivity contribution in [3.8, 4) is 5.75 Å². The van der Waals surface area contributed by atoms with Gasteiger partial charge >= 0.3 is 0 Å². The van der Waals surface area contributed by atoms with E-state index < -0.39 is 10.0 Å². The van der Waals surface area contributed by atoms with E-state index in [9.17, 15) is 13.2 Å². The maximum Gasteiger partial charge on any atom is 0.251 e. The summed E-state index contributed by atoms with van der Waals surface area (Å²) in [7, 11) is 0.949. The highest BCUT2D eigenvalue weighted by Crippen LogP contribution is 2.20. The topological polar surface area (TPSA) is 75.7 Å². The summed E-state index contributed by atoms with van der Waals surface area (Å²) in [6, 6.07) is 12.3. The fourth-order valence-electron chi connectivity index (χ4n) is 2.47. The third kappa shape index (κ3) is 4.62. The SMILES string of the molecule is COc1cccc(CCNC(=O)c2ccc(C)c(S(=O)(=O)N(C)C)c2)c1. The van der Waals surface area contributed by atoms with Crippen molar-refractivity contribution >= 4 is 15.9 Å². The molecule has 0 heterocycles. The minimum Gasteiger partial charge on any atom is -0.497 e. The molecular formula is C19H24N2O4S. The first-order valence-corrected chi connectivity index (χ1v) is 9.64. The van der Waals surface area contributed by atoms with Gasteiger partial charge < -0.3 is 10.1 Å². The van der Waals surface area contributed by atoms with Gasteiger partial charge in [0.25, 0.3) is 5.91 Å². The van der Waals surface area contributed by atoms with E-state index in [0.717, 1.165) is 15.6 Å². The van der Waals surface area contributed by atoms with Gasteiger partial charge in [-0.3, -0.25) is 4.79 Å². The van der Waals surface area contributed by atoms with E-state index in [1.54, 1.807) is 26.2 Å². The number of hydrogen-bond donors (Lipinski definition) is 1. The van der Waals surface area contributed by atoms with Crippen molar-refractivity contribution in [1.82, 2.24) is 9.62 Å². The second-order valence-electron chi connectivity index (χ2n) is 6.13. The molecule has 0 saturated carbocycles. The average Bonchev–Trinajstić information content (AvgIpc) is 2.61. The maximum absolute atomic E-state index is 12.4. The Labute approximate surface area is 154 Å². The molecule has 2 rings (SSSR count). The van der Waals surface area contributed by atoms with E-state index in [1.165, 1.54) is 20.2 Å². The molecule has 0 unspecified atom stereocenters. The Hall–Kier alpha value is -2.38. The number of aryl methyl sites for hydroxylation is 1. The Bertz CT molecular complexity index is 892. The minimum absolute atomic E-state index is 0.142. The summed E-state index contributed by atoms with van der Waals surface area (Å²) in [5, 5.41) is 2.82. The van der Waals surface area contributed by atoms with E-state index in [1.807, 2.05) is 24.3 Å². The molecule has 2 aromatic carbocycles. The molecule has 1 N–H and O–H groups in total. The number of hydrogen-bond acceptors (Lipinski definition) is 4. The molecule has 0 aliphatic heterocycles. The van der Waals surface area contributed by atoms with Gasteiger partial charge in [0.05, 0.1) is 12.0 Å². The number of rotatable bonds is 7. The van der Waals surface area contributed by atoms with Crippen molar-refractivity contribution in [3.05, 3.63) is 59.2 Å². The quantitative estimate of drug-likeness (QED) is 0.804. The highest BCUT2D eigenvalue weighted by Gasteiger charge is 2.21. The first-order chi connectivity index (χ1) is 12.3. The number of benzene rings is 2. The zero-order chi connectivity index (χ0) is 19.3. The maximum atomic E-state index is 12.4. The lowest BCUT2D eigenvalue weighted by Gasteiger charge is -2.14. The number of carbonyl (C=O) groups excluding carboxylic acids is 1. The third-order valence-electron chi connectivity index (χ3n) is 4.04. The molecule has 7 heteroatoms. The number of nitrogens with one attached hydrogen (secondary N) is 1. The molecule has 6 nitrogen and oxygen atoms in total. The molecular weight excluding hydrogens is 352 g/mol. The fourth-order valence-corrected chi connectivity index (χ4v) is 3.61. The second-order valence-corrected chi connectivity index (χ2v) is 8.25. The van der Waals surface area contributed by atoms with Gasteiger partial charge in [0.15, 0.2) is 0 Å². The van der Waals surface area contributed by atoms with Crippen LogP contribution in [0.5, 0.6) is 5.75 Å². The number of carbonyl (C=O) groups is 1. The molecule has 0 aromatic heterocycles. The summed E-state index contributed by atoms with van der Waals surface area (Å²) in [4.78, 5) is 12.5. The molecule has 1 amide bonds. The van der Waals surface area contributed by atoms with Crippen LogP contribution in [0.2, 0.25) is 0 Å². The number of nitrogens with zero attached hydrogens (tertiary/aromatic N) is 1. The van der Waals surface area contributed by atoms with Crippen LogP contribution in [0.15, 0.2) is 47.4 Å². The van der Waals surface area contributed by atoms with Crippen LogP contribution in [-0.4, -0.2) is 46.4 Å². The first-order valence-electron chi connectivity index (χ1n) is 8.20. The van der Waals surface area contributed by atoms with Crippen LogP contribution in [0.1, 0.15) is 21.5 Å². The van der Waals surface area contributed by atoms with E-state index in [4.69, 9.17) is 4.74 Å². The standard InChI is InChI=1S/C19H24N2O4S/c1-14-8-9-16(13-18(14)26(23,24)21(2)3)19(22)20-11-10-15-6-5-7-17(12-15)25-4/h5-9,12-13H,10-11H2,1-4H3,(H,20,22). The summed E-state index contributed by atoms with van der Waals surface area (Å²) in [6.07, 6.45) is 0.650. The fraction of sp³-hybridized carbons (Fsp3) is 0.316. The lowest BCUT2D eigenvalue weighted by Crippen LogP contribution is -2.27. The summed E-state index contributed by atoms with van der Waals surface area (Å²) >= 11 is 0. The zero-order valence-electron chi connectivity index (χ0n) is 15.4. The van der Waals surface area contributed by atoms with Gasteiger partial charge in [0.2, 0.25) is 10.0 Å². The third-order valence-corrected chi connectivity index (χ3v) is 6.00. The van der Waals surface area contributed by atoms with Gasteiger partial charge in [-0.15, -0.1) is 0 Å². The number of methoxy groups -OCH3 is 1. The van der Waals surface area contributed by atoms with Crippen LogP contribution in [0.4, 0.5) is 0 Å². The van der Waals surface area contributed by atoms with Crippen molar-refractivity contribution in [2.75, 3.05) is 27.7 Å². The number of amides is 1. The lowest BCUT2D eigenvalue weighted by molar-refractivity contribution is 0.0954. The number of sulfonamides is 1. The summed E-state index contributed by atoms with van der Waals surface area (Å²) in [5.74, 6) is 0.467. The van der Waals surface area contributed by atoms with E-state index in [0.29, 0.717) is 24.1 Å². The van der Waals surface area contributed by atoms with Crippen molar-refractivity contribution < 1.29 is 17.9 Å². The van der Waals surface area contributed by atoms with Crippen molar-refractivity contribution in [2.24, 2.45) is 0 Å². The Morgan fingerprint density at radius 2 is 1.88 bits per heavy atom. The highest BCUT2D eigenvalue weighted by molar-refractivity contribution is 7.89. The molecule has 140 valence electrons. The second kappa shape index (κ2) is 8.33. The highest BCUT2D eigenvalue weighted by atomic mass is 32.2. The van der Waals surface area contributed by atoms with Gasteiger partial charge in [-0.25, -0.2) is 12.7 Å². The average molecular weight is 376 g/mol. The molecule has 0 radical (unpaired) electrons. The van der Waals surface area contributed by atoms with Crippen LogP contribution in [0, 0.1) is 6.92 Å².